The van der Waals surface area contributed by atoms with Crippen LogP contribution < -0.4 is 15.2 Å². The fraction of sp³-hybridized carbons (Fsp3) is 0.429. The maximum atomic E-state index is 13.5. The van der Waals surface area contributed by atoms with E-state index < -0.39 is 6.04 Å². The summed E-state index contributed by atoms with van der Waals surface area (Å²) in [6.45, 7) is 11.8. The first-order valence-electron chi connectivity index (χ1n) is 13.2. The first-order chi connectivity index (χ1) is 18.3. The molecule has 0 saturated carbocycles. The van der Waals surface area contributed by atoms with E-state index in [-0.39, 0.29) is 16.8 Å². The number of piperazine rings is 1. The highest BCUT2D eigenvalue weighted by molar-refractivity contribution is 5.80. The quantitative estimate of drug-likeness (QED) is 0.364. The number of fused-ring (bicyclic) bond motifs is 1. The molecular formula is C28H35N7O3. The summed E-state index contributed by atoms with van der Waals surface area (Å²) in [6.07, 6.45) is 0.832. The molecule has 5 rings (SSSR count). The minimum Gasteiger partial charge on any atom is -0.508 e. The Morgan fingerprint density at radius 2 is 1.79 bits per heavy atom. The lowest BCUT2D eigenvalue weighted by Gasteiger charge is -2.40. The second-order valence-electron chi connectivity index (χ2n) is 10.3. The number of hydrogen-bond donors (Lipinski definition) is 2. The Balaban J connectivity index is 1.56. The highest BCUT2D eigenvalue weighted by Crippen LogP contribution is 2.32. The molecule has 2 N–H and O–H groups in total. The topological polar surface area (TPSA) is 112 Å². The van der Waals surface area contributed by atoms with Gasteiger partial charge in [-0.25, -0.2) is 4.68 Å². The molecule has 0 amide bonds. The van der Waals surface area contributed by atoms with Gasteiger partial charge in [0.1, 0.15) is 17.5 Å². The number of aromatic nitrogens is 5. The third-order valence-corrected chi connectivity index (χ3v) is 7.52. The number of H-pyrrole nitrogens is 1. The number of anilines is 1. The van der Waals surface area contributed by atoms with Crippen molar-refractivity contribution in [2.75, 3.05) is 37.7 Å². The summed E-state index contributed by atoms with van der Waals surface area (Å²) in [6, 6.07) is 14.5. The van der Waals surface area contributed by atoms with E-state index in [0.717, 1.165) is 41.9 Å². The number of ether oxygens (including phenoxy) is 1. The highest BCUT2D eigenvalue weighted by Gasteiger charge is 2.35. The Labute approximate surface area is 221 Å². The fourth-order valence-corrected chi connectivity index (χ4v) is 5.01. The van der Waals surface area contributed by atoms with Crippen LogP contribution in [0.25, 0.3) is 10.9 Å². The second-order valence-corrected chi connectivity index (χ2v) is 10.3. The lowest BCUT2D eigenvalue weighted by molar-refractivity contribution is 0.186. The van der Waals surface area contributed by atoms with Gasteiger partial charge in [0.25, 0.3) is 5.56 Å². The number of nitrogens with zero attached hydrogens (tertiary/aromatic N) is 6. The van der Waals surface area contributed by atoms with Crippen molar-refractivity contribution in [3.63, 3.8) is 0 Å². The summed E-state index contributed by atoms with van der Waals surface area (Å²) in [4.78, 5) is 21.2. The fourth-order valence-electron chi connectivity index (χ4n) is 5.01. The molecule has 1 fully saturated rings. The van der Waals surface area contributed by atoms with E-state index in [9.17, 15) is 9.90 Å². The van der Waals surface area contributed by atoms with Crippen LogP contribution in [0.1, 0.15) is 51.5 Å². The van der Waals surface area contributed by atoms with E-state index in [4.69, 9.17) is 4.74 Å². The van der Waals surface area contributed by atoms with E-state index in [1.54, 1.807) is 12.1 Å². The molecule has 1 atom stereocenters. The average molecular weight is 518 g/mol. The molecule has 38 heavy (non-hydrogen) atoms. The average Bonchev–Trinajstić information content (AvgIpc) is 3.41. The Hall–Kier alpha value is -3.92. The highest BCUT2D eigenvalue weighted by atomic mass is 16.5. The molecule has 0 unspecified atom stereocenters. The number of benzene rings is 2. The maximum absolute atomic E-state index is 13.5. The second kappa shape index (κ2) is 10.4. The number of rotatable bonds is 8. The molecule has 0 radical (unpaired) electrons. The van der Waals surface area contributed by atoms with E-state index >= 15 is 0 Å². The third-order valence-electron chi connectivity index (χ3n) is 7.52. The van der Waals surface area contributed by atoms with Crippen molar-refractivity contribution in [3.05, 3.63) is 70.3 Å². The minimum absolute atomic E-state index is 0.156. The number of tetrazole rings is 1. The molecule has 1 aliphatic rings. The summed E-state index contributed by atoms with van der Waals surface area (Å²) >= 11 is 0. The summed E-state index contributed by atoms with van der Waals surface area (Å²) in [5.74, 6) is 1.66. The molecule has 2 aromatic heterocycles. The van der Waals surface area contributed by atoms with E-state index in [1.807, 2.05) is 48.0 Å². The van der Waals surface area contributed by atoms with Gasteiger partial charge < -0.3 is 19.7 Å². The van der Waals surface area contributed by atoms with E-state index in [2.05, 4.69) is 51.1 Å². The first-order valence-corrected chi connectivity index (χ1v) is 13.2. The van der Waals surface area contributed by atoms with Crippen molar-refractivity contribution < 1.29 is 9.84 Å². The van der Waals surface area contributed by atoms with Gasteiger partial charge in [-0.3, -0.25) is 9.69 Å². The summed E-state index contributed by atoms with van der Waals surface area (Å²) < 4.78 is 7.58. The van der Waals surface area contributed by atoms with Crippen molar-refractivity contribution in [1.29, 1.82) is 0 Å². The van der Waals surface area contributed by atoms with Gasteiger partial charge >= 0.3 is 0 Å². The lowest BCUT2D eigenvalue weighted by Crippen LogP contribution is -2.49. The molecule has 200 valence electrons. The van der Waals surface area contributed by atoms with Gasteiger partial charge in [-0.05, 0) is 86.1 Å². The zero-order chi connectivity index (χ0) is 26.9. The van der Waals surface area contributed by atoms with Crippen molar-refractivity contribution >= 4 is 16.6 Å². The Morgan fingerprint density at radius 1 is 1.05 bits per heavy atom. The van der Waals surface area contributed by atoms with Crippen LogP contribution in [0.5, 0.6) is 11.5 Å². The molecular weight excluding hydrogens is 482 g/mol. The Bertz CT molecular complexity index is 1450. The standard InChI is InChI=1S/C28H35N7O3/c1-5-28(3,4)35-26(30-31-32-35)25(34-15-13-33(14-16-34)20-7-9-21(36)10-8-20)23-18-19-17-22(38-6-2)11-12-24(19)29-27(23)37/h7-12,17-18,25,36H,5-6,13-16H2,1-4H3,(H,29,37)/t25-/m1/s1. The largest absolute Gasteiger partial charge is 0.508 e. The van der Waals surface area contributed by atoms with Crippen LogP contribution in [0.15, 0.2) is 53.3 Å². The van der Waals surface area contributed by atoms with Gasteiger partial charge in [0.15, 0.2) is 5.82 Å². The predicted octanol–water partition coefficient (Wildman–Crippen LogP) is 3.68. The van der Waals surface area contributed by atoms with E-state index in [1.165, 1.54) is 0 Å². The van der Waals surface area contributed by atoms with Crippen LogP contribution in [0, 0.1) is 0 Å². The van der Waals surface area contributed by atoms with Gasteiger partial charge in [-0.1, -0.05) is 6.92 Å². The summed E-state index contributed by atoms with van der Waals surface area (Å²) in [5.41, 5.74) is 1.94. The Kier molecular flexibility index (Phi) is 7.07. The van der Waals surface area contributed by atoms with Crippen LogP contribution in [0.4, 0.5) is 5.69 Å². The van der Waals surface area contributed by atoms with Gasteiger partial charge in [0.2, 0.25) is 0 Å². The summed E-state index contributed by atoms with van der Waals surface area (Å²) in [7, 11) is 0. The number of phenolic OH excluding ortho intramolecular Hbond substituents is 1. The van der Waals surface area contributed by atoms with Crippen molar-refractivity contribution in [2.45, 2.75) is 45.7 Å². The molecule has 0 spiro atoms. The number of aromatic hydroxyl groups is 1. The van der Waals surface area contributed by atoms with Crippen molar-refractivity contribution in [2.24, 2.45) is 0 Å². The summed E-state index contributed by atoms with van der Waals surface area (Å²) in [5, 5.41) is 23.5. The zero-order valence-corrected chi connectivity index (χ0v) is 22.4. The molecule has 10 heteroatoms. The van der Waals surface area contributed by atoms with Crippen LogP contribution >= 0.6 is 0 Å². The smallest absolute Gasteiger partial charge is 0.253 e. The molecule has 1 saturated heterocycles. The molecule has 10 nitrogen and oxygen atoms in total. The molecule has 3 heterocycles. The predicted molar refractivity (Wildman–Crippen MR) is 147 cm³/mol. The molecule has 2 aromatic carbocycles. The van der Waals surface area contributed by atoms with Crippen molar-refractivity contribution in [1.82, 2.24) is 30.1 Å². The first kappa shape index (κ1) is 25.7. The monoisotopic (exact) mass is 517 g/mol. The van der Waals surface area contributed by atoms with Gasteiger partial charge in [-0.15, -0.1) is 5.10 Å². The number of nitrogens with one attached hydrogen (secondary N) is 1. The van der Waals surface area contributed by atoms with Gasteiger partial charge in [-0.2, -0.15) is 0 Å². The number of aromatic amines is 1. The molecule has 1 aliphatic heterocycles. The maximum Gasteiger partial charge on any atom is 0.253 e. The zero-order valence-electron chi connectivity index (χ0n) is 22.4. The number of hydrogen-bond acceptors (Lipinski definition) is 8. The van der Waals surface area contributed by atoms with Crippen LogP contribution in [0.3, 0.4) is 0 Å². The lowest BCUT2D eigenvalue weighted by atomic mass is 9.98. The number of pyridine rings is 1. The van der Waals surface area contributed by atoms with Crippen LogP contribution in [-0.2, 0) is 5.54 Å². The van der Waals surface area contributed by atoms with Crippen LogP contribution in [0.2, 0.25) is 0 Å². The molecule has 0 aliphatic carbocycles. The van der Waals surface area contributed by atoms with Gasteiger partial charge in [0.05, 0.1) is 12.1 Å². The molecule has 0 bridgehead atoms. The van der Waals surface area contributed by atoms with Gasteiger partial charge in [0, 0.05) is 48.3 Å². The molecule has 4 aromatic rings. The van der Waals surface area contributed by atoms with Crippen molar-refractivity contribution in [3.8, 4) is 11.5 Å². The van der Waals surface area contributed by atoms with E-state index in [0.29, 0.717) is 31.1 Å². The normalized spacial score (nSPS) is 15.6. The third kappa shape index (κ3) is 4.96. The SMILES string of the molecule is CCOc1ccc2[nH]c(=O)c([C@H](c3nnnn3C(C)(C)CC)N3CCN(c4ccc(O)cc4)CC3)cc2c1. The Morgan fingerprint density at radius 3 is 2.47 bits per heavy atom. The minimum atomic E-state index is -0.429. The van der Waals surface area contributed by atoms with Crippen LogP contribution in [-0.4, -0.2) is 68.0 Å². The number of phenols is 1.